The van der Waals surface area contributed by atoms with Gasteiger partial charge in [0, 0.05) is 6.04 Å². The highest BCUT2D eigenvalue weighted by Gasteiger charge is 2.28. The lowest BCUT2D eigenvalue weighted by atomic mass is 9.87. The summed E-state index contributed by atoms with van der Waals surface area (Å²) in [6.07, 6.45) is 4.26. The quantitative estimate of drug-likeness (QED) is 0.929. The Hall–Kier alpha value is -1.07. The van der Waals surface area contributed by atoms with E-state index in [2.05, 4.69) is 11.6 Å². The Bertz CT molecular complexity index is 610. The summed E-state index contributed by atoms with van der Waals surface area (Å²) in [5.41, 5.74) is 1.98. The topological polar surface area (TPSA) is 55.4 Å². The monoisotopic (exact) mass is 311 g/mol. The van der Waals surface area contributed by atoms with Crippen molar-refractivity contribution in [3.8, 4) is 5.75 Å². The van der Waals surface area contributed by atoms with Gasteiger partial charge in [-0.1, -0.05) is 19.8 Å². The van der Waals surface area contributed by atoms with E-state index < -0.39 is 10.0 Å². The Morgan fingerprint density at radius 1 is 1.14 bits per heavy atom. The number of ether oxygens (including phenoxy) is 1. The first-order valence-corrected chi connectivity index (χ1v) is 9.01. The first-order valence-electron chi connectivity index (χ1n) is 7.52. The Morgan fingerprint density at radius 2 is 1.76 bits per heavy atom. The smallest absolute Gasteiger partial charge is 0.244 e. The Labute approximate surface area is 127 Å². The van der Waals surface area contributed by atoms with Crippen molar-refractivity contribution >= 4 is 10.0 Å². The molecule has 5 heteroatoms. The second-order valence-electron chi connectivity index (χ2n) is 6.08. The van der Waals surface area contributed by atoms with E-state index in [1.807, 2.05) is 13.8 Å². The molecule has 0 heterocycles. The predicted molar refractivity (Wildman–Crippen MR) is 84.2 cm³/mol. The molecule has 118 valence electrons. The SMILES string of the molecule is COc1cc(C)c(C)cc1S(=O)(=O)NC1CCCCC1C. The molecule has 0 aliphatic heterocycles. The van der Waals surface area contributed by atoms with E-state index in [0.717, 1.165) is 30.4 Å². The van der Waals surface area contributed by atoms with Crippen LogP contribution in [0.3, 0.4) is 0 Å². The minimum absolute atomic E-state index is 0.0232. The summed E-state index contributed by atoms with van der Waals surface area (Å²) in [7, 11) is -2.04. The normalized spacial score (nSPS) is 23.0. The predicted octanol–water partition coefficient (Wildman–Crippen LogP) is 3.17. The zero-order valence-corrected chi connectivity index (χ0v) is 14.1. The molecule has 1 aromatic rings. The number of aryl methyl sites for hydroxylation is 2. The molecule has 1 aliphatic carbocycles. The first-order chi connectivity index (χ1) is 9.85. The van der Waals surface area contributed by atoms with E-state index in [9.17, 15) is 8.42 Å². The summed E-state index contributed by atoms with van der Waals surface area (Å²) in [6, 6.07) is 3.51. The molecule has 0 bridgehead atoms. The third kappa shape index (κ3) is 3.58. The van der Waals surface area contributed by atoms with Crippen molar-refractivity contribution < 1.29 is 13.2 Å². The lowest BCUT2D eigenvalue weighted by molar-refractivity contribution is 0.310. The fraction of sp³-hybridized carbons (Fsp3) is 0.625. The van der Waals surface area contributed by atoms with Crippen LogP contribution in [0.25, 0.3) is 0 Å². The molecule has 1 aromatic carbocycles. The molecule has 0 saturated heterocycles. The highest BCUT2D eigenvalue weighted by Crippen LogP contribution is 2.30. The largest absolute Gasteiger partial charge is 0.495 e. The summed E-state index contributed by atoms with van der Waals surface area (Å²) in [5, 5.41) is 0. The third-order valence-electron chi connectivity index (χ3n) is 4.49. The maximum absolute atomic E-state index is 12.7. The number of rotatable bonds is 4. The molecule has 1 fully saturated rings. The number of methoxy groups -OCH3 is 1. The average Bonchev–Trinajstić information content (AvgIpc) is 2.43. The number of benzene rings is 1. The van der Waals surface area contributed by atoms with Crippen LogP contribution in [0.4, 0.5) is 0 Å². The summed E-state index contributed by atoms with van der Waals surface area (Å²) in [6.45, 7) is 5.98. The minimum atomic E-state index is -3.55. The van der Waals surface area contributed by atoms with Gasteiger partial charge >= 0.3 is 0 Å². The van der Waals surface area contributed by atoms with Crippen LogP contribution in [0.2, 0.25) is 0 Å². The molecular weight excluding hydrogens is 286 g/mol. The van der Waals surface area contributed by atoms with E-state index in [1.165, 1.54) is 13.5 Å². The zero-order chi connectivity index (χ0) is 15.6. The fourth-order valence-corrected chi connectivity index (χ4v) is 4.50. The van der Waals surface area contributed by atoms with Crippen molar-refractivity contribution in [3.05, 3.63) is 23.3 Å². The summed E-state index contributed by atoms with van der Waals surface area (Å²) < 4.78 is 33.5. The van der Waals surface area contributed by atoms with Gasteiger partial charge in [-0.05, 0) is 55.9 Å². The molecule has 0 radical (unpaired) electrons. The van der Waals surface area contributed by atoms with Gasteiger partial charge in [-0.15, -0.1) is 0 Å². The Balaban J connectivity index is 2.33. The Morgan fingerprint density at radius 3 is 2.38 bits per heavy atom. The van der Waals surface area contributed by atoms with Gasteiger partial charge in [-0.3, -0.25) is 0 Å². The number of sulfonamides is 1. The van der Waals surface area contributed by atoms with Gasteiger partial charge in [0.05, 0.1) is 7.11 Å². The van der Waals surface area contributed by atoms with E-state index in [-0.39, 0.29) is 10.9 Å². The highest BCUT2D eigenvalue weighted by atomic mass is 32.2. The van der Waals surface area contributed by atoms with Gasteiger partial charge in [0.1, 0.15) is 10.6 Å². The molecule has 2 unspecified atom stereocenters. The van der Waals surface area contributed by atoms with Crippen molar-refractivity contribution in [1.29, 1.82) is 0 Å². The lowest BCUT2D eigenvalue weighted by Gasteiger charge is -2.29. The number of nitrogens with one attached hydrogen (secondary N) is 1. The molecule has 2 atom stereocenters. The fourth-order valence-electron chi connectivity index (χ4n) is 2.89. The van der Waals surface area contributed by atoms with Crippen LogP contribution in [0, 0.1) is 19.8 Å². The minimum Gasteiger partial charge on any atom is -0.495 e. The second kappa shape index (κ2) is 6.36. The van der Waals surface area contributed by atoms with Crippen molar-refractivity contribution in [2.24, 2.45) is 5.92 Å². The van der Waals surface area contributed by atoms with Crippen molar-refractivity contribution in [2.45, 2.75) is 57.4 Å². The highest BCUT2D eigenvalue weighted by molar-refractivity contribution is 7.89. The summed E-state index contributed by atoms with van der Waals surface area (Å²) in [5.74, 6) is 0.792. The van der Waals surface area contributed by atoms with Crippen LogP contribution in [0.1, 0.15) is 43.7 Å². The molecule has 2 rings (SSSR count). The second-order valence-corrected chi connectivity index (χ2v) is 7.76. The maximum Gasteiger partial charge on any atom is 0.244 e. The molecule has 0 spiro atoms. The van der Waals surface area contributed by atoms with Crippen LogP contribution < -0.4 is 9.46 Å². The maximum atomic E-state index is 12.7. The van der Waals surface area contributed by atoms with Crippen LogP contribution in [-0.4, -0.2) is 21.6 Å². The number of hydrogen-bond donors (Lipinski definition) is 1. The van der Waals surface area contributed by atoms with E-state index in [0.29, 0.717) is 11.7 Å². The molecule has 0 aromatic heterocycles. The molecule has 1 aliphatic rings. The summed E-state index contributed by atoms with van der Waals surface area (Å²) >= 11 is 0. The van der Waals surface area contributed by atoms with E-state index >= 15 is 0 Å². The molecule has 1 N–H and O–H groups in total. The number of hydrogen-bond acceptors (Lipinski definition) is 3. The van der Waals surface area contributed by atoms with Crippen LogP contribution in [-0.2, 0) is 10.0 Å². The molecule has 4 nitrogen and oxygen atoms in total. The third-order valence-corrected chi connectivity index (χ3v) is 6.00. The van der Waals surface area contributed by atoms with Gasteiger partial charge in [0.25, 0.3) is 0 Å². The summed E-state index contributed by atoms with van der Waals surface area (Å²) in [4.78, 5) is 0.242. The Kier molecular flexibility index (Phi) is 4.94. The van der Waals surface area contributed by atoms with Crippen LogP contribution in [0.5, 0.6) is 5.75 Å². The van der Waals surface area contributed by atoms with Crippen molar-refractivity contribution in [2.75, 3.05) is 7.11 Å². The molecule has 21 heavy (non-hydrogen) atoms. The zero-order valence-electron chi connectivity index (χ0n) is 13.3. The van der Waals surface area contributed by atoms with Gasteiger partial charge in [-0.2, -0.15) is 0 Å². The molecule has 0 amide bonds. The van der Waals surface area contributed by atoms with Gasteiger partial charge in [-0.25, -0.2) is 13.1 Å². The van der Waals surface area contributed by atoms with Crippen LogP contribution >= 0.6 is 0 Å². The van der Waals surface area contributed by atoms with Gasteiger partial charge in [0.15, 0.2) is 0 Å². The van der Waals surface area contributed by atoms with E-state index in [4.69, 9.17) is 4.74 Å². The molecule has 1 saturated carbocycles. The first kappa shape index (κ1) is 16.3. The van der Waals surface area contributed by atoms with Crippen molar-refractivity contribution in [1.82, 2.24) is 4.72 Å². The lowest BCUT2D eigenvalue weighted by Crippen LogP contribution is -2.41. The van der Waals surface area contributed by atoms with Crippen molar-refractivity contribution in [3.63, 3.8) is 0 Å². The van der Waals surface area contributed by atoms with E-state index in [1.54, 1.807) is 12.1 Å². The molecular formula is C16H25NO3S. The average molecular weight is 311 g/mol. The standard InChI is InChI=1S/C16H25NO3S/c1-11-7-5-6-8-14(11)17-21(18,19)16-10-13(3)12(2)9-15(16)20-4/h9-11,14,17H,5-8H2,1-4H3. The van der Waals surface area contributed by atoms with Crippen LogP contribution in [0.15, 0.2) is 17.0 Å². The van der Waals surface area contributed by atoms with Gasteiger partial charge in [0.2, 0.25) is 10.0 Å². The van der Waals surface area contributed by atoms with Gasteiger partial charge < -0.3 is 4.74 Å².